The molecule has 0 atom stereocenters. The number of phenols is 1. The third-order valence-corrected chi connectivity index (χ3v) is 5.96. The summed E-state index contributed by atoms with van der Waals surface area (Å²) >= 11 is 9.97. The molecule has 2 saturated heterocycles. The minimum Gasteiger partial charge on any atom is -0.506 e. The summed E-state index contributed by atoms with van der Waals surface area (Å²) in [6.45, 7) is 4.73. The molecular formula is C19H21BrClFN6O3. The Morgan fingerprint density at radius 3 is 2.45 bits per heavy atom. The second-order valence-corrected chi connectivity index (χ2v) is 8.20. The zero-order chi connectivity index (χ0) is 21.8. The fraction of sp³-hybridized carbons (Fsp3) is 0.474. The van der Waals surface area contributed by atoms with Crippen LogP contribution >= 0.6 is 27.5 Å². The molecule has 4 rings (SSSR count). The molecule has 31 heavy (non-hydrogen) atoms. The van der Waals surface area contributed by atoms with Gasteiger partial charge in [-0.15, -0.1) is 5.11 Å². The Labute approximate surface area is 192 Å². The highest BCUT2D eigenvalue weighted by Crippen LogP contribution is 2.43. The fourth-order valence-corrected chi connectivity index (χ4v) is 4.60. The van der Waals surface area contributed by atoms with Crippen LogP contribution < -0.4 is 9.80 Å². The average molecular weight is 516 g/mol. The van der Waals surface area contributed by atoms with Crippen molar-refractivity contribution >= 4 is 45.0 Å². The monoisotopic (exact) mass is 514 g/mol. The Morgan fingerprint density at radius 2 is 1.77 bits per heavy atom. The predicted molar refractivity (Wildman–Crippen MR) is 117 cm³/mol. The molecule has 2 aliphatic heterocycles. The van der Waals surface area contributed by atoms with Crippen LogP contribution in [0.25, 0.3) is 0 Å². The predicted octanol–water partition coefficient (Wildman–Crippen LogP) is 3.69. The number of rotatable bonds is 5. The molecule has 2 aromatic rings. The van der Waals surface area contributed by atoms with Crippen LogP contribution in [0, 0.1) is 5.82 Å². The maximum absolute atomic E-state index is 14.1. The van der Waals surface area contributed by atoms with Gasteiger partial charge in [0.15, 0.2) is 11.6 Å². The van der Waals surface area contributed by atoms with Gasteiger partial charge in [0, 0.05) is 36.2 Å². The third kappa shape index (κ3) is 5.05. The van der Waals surface area contributed by atoms with Crippen molar-refractivity contribution in [3.05, 3.63) is 33.1 Å². The Balaban J connectivity index is 1.50. The van der Waals surface area contributed by atoms with E-state index in [0.717, 1.165) is 16.4 Å². The van der Waals surface area contributed by atoms with Crippen molar-refractivity contribution in [3.63, 3.8) is 0 Å². The molecule has 0 saturated carbocycles. The van der Waals surface area contributed by atoms with E-state index in [1.165, 1.54) is 0 Å². The summed E-state index contributed by atoms with van der Waals surface area (Å²) in [4.78, 5) is 11.9. The molecule has 9 nitrogen and oxygen atoms in total. The van der Waals surface area contributed by atoms with E-state index >= 15 is 0 Å². The summed E-state index contributed by atoms with van der Waals surface area (Å²) in [5.41, 5.74) is 1.22. The topological polar surface area (TPSA) is 95.7 Å². The van der Waals surface area contributed by atoms with E-state index in [0.29, 0.717) is 58.2 Å². The quantitative estimate of drug-likeness (QED) is 0.607. The molecule has 166 valence electrons. The SMILES string of the molecule is Oc1c(CN=Nc2ncc(F)c(N3CCOCC3)n2)cc(Br)c(N2CCOCC2)c1Cl. The van der Waals surface area contributed by atoms with E-state index in [2.05, 4.69) is 41.0 Å². The van der Waals surface area contributed by atoms with Crippen LogP contribution in [-0.2, 0) is 16.0 Å². The van der Waals surface area contributed by atoms with Crippen molar-refractivity contribution in [2.24, 2.45) is 10.2 Å². The van der Waals surface area contributed by atoms with Gasteiger partial charge in [-0.25, -0.2) is 9.37 Å². The lowest BCUT2D eigenvalue weighted by atomic mass is 10.1. The molecule has 0 radical (unpaired) electrons. The van der Waals surface area contributed by atoms with Crippen LogP contribution in [0.3, 0.4) is 0 Å². The number of halogens is 3. The lowest BCUT2D eigenvalue weighted by molar-refractivity contribution is 0.122. The van der Waals surface area contributed by atoms with E-state index in [9.17, 15) is 9.50 Å². The number of azo groups is 1. The van der Waals surface area contributed by atoms with Crippen LogP contribution in [0.5, 0.6) is 5.75 Å². The number of phenolic OH excluding ortho intramolecular Hbond substituents is 1. The maximum atomic E-state index is 14.1. The highest BCUT2D eigenvalue weighted by atomic mass is 79.9. The summed E-state index contributed by atoms with van der Waals surface area (Å²) in [5.74, 6) is -0.361. The summed E-state index contributed by atoms with van der Waals surface area (Å²) in [5, 5.41) is 18.9. The second-order valence-electron chi connectivity index (χ2n) is 6.97. The van der Waals surface area contributed by atoms with E-state index < -0.39 is 5.82 Å². The molecule has 1 N–H and O–H groups in total. The Hall–Kier alpha value is -2.08. The highest BCUT2D eigenvalue weighted by Gasteiger charge is 2.22. The maximum Gasteiger partial charge on any atom is 0.270 e. The fourth-order valence-electron chi connectivity index (χ4n) is 3.41. The number of benzene rings is 1. The second kappa shape index (κ2) is 10.0. The van der Waals surface area contributed by atoms with Crippen molar-refractivity contribution in [2.75, 3.05) is 62.4 Å². The summed E-state index contributed by atoms with van der Waals surface area (Å²) < 4.78 is 25.5. The zero-order valence-corrected chi connectivity index (χ0v) is 18.9. The molecule has 0 amide bonds. The molecule has 0 aliphatic carbocycles. The van der Waals surface area contributed by atoms with Gasteiger partial charge < -0.3 is 24.4 Å². The molecule has 2 aliphatic rings. The van der Waals surface area contributed by atoms with Crippen molar-refractivity contribution in [1.82, 2.24) is 9.97 Å². The van der Waals surface area contributed by atoms with Crippen molar-refractivity contribution in [2.45, 2.75) is 6.54 Å². The average Bonchev–Trinajstić information content (AvgIpc) is 2.79. The lowest BCUT2D eigenvalue weighted by Crippen LogP contribution is -2.37. The van der Waals surface area contributed by atoms with E-state index in [4.69, 9.17) is 21.1 Å². The highest BCUT2D eigenvalue weighted by molar-refractivity contribution is 9.10. The molecule has 2 fully saturated rings. The van der Waals surface area contributed by atoms with Crippen LogP contribution in [0.15, 0.2) is 27.0 Å². The normalized spacial score (nSPS) is 17.5. The first-order valence-electron chi connectivity index (χ1n) is 9.80. The Morgan fingerprint density at radius 1 is 1.13 bits per heavy atom. The summed E-state index contributed by atoms with van der Waals surface area (Å²) in [6, 6.07) is 1.76. The molecule has 1 aromatic heterocycles. The molecule has 1 aromatic carbocycles. The van der Waals surface area contributed by atoms with Gasteiger partial charge in [-0.05, 0) is 22.0 Å². The van der Waals surface area contributed by atoms with Gasteiger partial charge in [0.05, 0.1) is 44.9 Å². The largest absolute Gasteiger partial charge is 0.506 e. The Kier molecular flexibility index (Phi) is 7.16. The first kappa shape index (κ1) is 22.1. The van der Waals surface area contributed by atoms with Crippen LogP contribution in [0.2, 0.25) is 5.02 Å². The van der Waals surface area contributed by atoms with Gasteiger partial charge in [-0.2, -0.15) is 10.1 Å². The van der Waals surface area contributed by atoms with E-state index in [1.807, 2.05) is 0 Å². The van der Waals surface area contributed by atoms with E-state index in [-0.39, 0.29) is 29.1 Å². The molecule has 0 bridgehead atoms. The standard InChI is InChI=1S/C19H21BrClFN6O3/c20-13-9-12(17(29)15(21)16(13)27-1-5-30-6-2-27)10-24-26-19-23-11-14(22)18(25-19)28-3-7-31-8-4-28/h9,11,29H,1-8,10H2. The number of hydrogen-bond donors (Lipinski definition) is 1. The minimum absolute atomic E-state index is 0.0393. The number of ether oxygens (including phenoxy) is 2. The number of morpholine rings is 2. The van der Waals surface area contributed by atoms with Crippen LogP contribution in [-0.4, -0.2) is 67.7 Å². The number of nitrogens with zero attached hydrogens (tertiary/aromatic N) is 6. The van der Waals surface area contributed by atoms with Crippen molar-refractivity contribution in [1.29, 1.82) is 0 Å². The number of aromatic nitrogens is 2. The van der Waals surface area contributed by atoms with Gasteiger partial charge in [-0.1, -0.05) is 11.6 Å². The molecule has 0 unspecified atom stereocenters. The van der Waals surface area contributed by atoms with Gasteiger partial charge >= 0.3 is 0 Å². The van der Waals surface area contributed by atoms with Crippen molar-refractivity contribution < 1.29 is 19.0 Å². The van der Waals surface area contributed by atoms with E-state index in [1.54, 1.807) is 11.0 Å². The zero-order valence-electron chi connectivity index (χ0n) is 16.6. The molecule has 12 heteroatoms. The summed E-state index contributed by atoms with van der Waals surface area (Å²) in [7, 11) is 0. The first-order chi connectivity index (χ1) is 15.0. The smallest absolute Gasteiger partial charge is 0.270 e. The van der Waals surface area contributed by atoms with Crippen molar-refractivity contribution in [3.8, 4) is 5.75 Å². The molecule has 3 heterocycles. The molecular weight excluding hydrogens is 495 g/mol. The number of anilines is 2. The van der Waals surface area contributed by atoms with Crippen LogP contribution in [0.4, 0.5) is 21.8 Å². The number of hydrogen-bond acceptors (Lipinski definition) is 9. The van der Waals surface area contributed by atoms with Gasteiger partial charge in [0.25, 0.3) is 5.95 Å². The third-order valence-electron chi connectivity index (χ3n) is 5.00. The lowest BCUT2D eigenvalue weighted by Gasteiger charge is -2.31. The van der Waals surface area contributed by atoms with Gasteiger partial charge in [0.1, 0.15) is 10.8 Å². The number of aromatic hydroxyl groups is 1. The van der Waals surface area contributed by atoms with Gasteiger partial charge in [0.2, 0.25) is 0 Å². The minimum atomic E-state index is -0.520. The molecule has 0 spiro atoms. The van der Waals surface area contributed by atoms with Crippen LogP contribution in [0.1, 0.15) is 5.56 Å². The Bertz CT molecular complexity index is 970. The van der Waals surface area contributed by atoms with Gasteiger partial charge in [-0.3, -0.25) is 0 Å². The first-order valence-corrected chi connectivity index (χ1v) is 11.0. The summed E-state index contributed by atoms with van der Waals surface area (Å²) in [6.07, 6.45) is 1.08.